The van der Waals surface area contributed by atoms with Gasteiger partial charge in [0.1, 0.15) is 0 Å². The van der Waals surface area contributed by atoms with Gasteiger partial charge in [-0.3, -0.25) is 0 Å². The second kappa shape index (κ2) is 8.14. The molecule has 1 aromatic rings. The molecule has 0 aliphatic carbocycles. The first kappa shape index (κ1) is 15.2. The Morgan fingerprint density at radius 1 is 1.35 bits per heavy atom. The fourth-order valence-corrected chi connectivity index (χ4v) is 2.26. The van der Waals surface area contributed by atoms with E-state index in [-0.39, 0.29) is 0 Å². The van der Waals surface area contributed by atoms with Gasteiger partial charge in [0.15, 0.2) is 0 Å². The summed E-state index contributed by atoms with van der Waals surface area (Å²) in [5, 5.41) is 3.28. The van der Waals surface area contributed by atoms with Gasteiger partial charge in [-0.25, -0.2) is 9.97 Å². The van der Waals surface area contributed by atoms with Crippen molar-refractivity contribution in [3.63, 3.8) is 0 Å². The summed E-state index contributed by atoms with van der Waals surface area (Å²) in [6, 6.07) is 0.481. The molecule has 0 saturated carbocycles. The number of rotatable bonds is 7. The van der Waals surface area contributed by atoms with Crippen molar-refractivity contribution in [1.82, 2.24) is 15.3 Å². The molecule has 112 valence electrons. The lowest BCUT2D eigenvalue weighted by atomic mass is 10.1. The Bertz CT molecular complexity index is 379. The smallest absolute Gasteiger partial charge is 0.225 e. The van der Waals surface area contributed by atoms with E-state index in [0.29, 0.717) is 12.6 Å². The van der Waals surface area contributed by atoms with Crippen molar-refractivity contribution in [2.75, 3.05) is 45.4 Å². The molecule has 2 rings (SSSR count). The normalized spacial score (nSPS) is 16.3. The molecule has 0 amide bonds. The third kappa shape index (κ3) is 4.40. The summed E-state index contributed by atoms with van der Waals surface area (Å²) in [5.41, 5.74) is 1.09. The molecular weight excluding hydrogens is 256 g/mol. The van der Waals surface area contributed by atoms with Crippen LogP contribution in [0.2, 0.25) is 0 Å². The molecule has 1 N–H and O–H groups in total. The van der Waals surface area contributed by atoms with Gasteiger partial charge in [0.2, 0.25) is 5.95 Å². The average Bonchev–Trinajstić information content (AvgIpc) is 2.52. The molecule has 1 fully saturated rings. The van der Waals surface area contributed by atoms with Gasteiger partial charge in [-0.05, 0) is 12.8 Å². The van der Waals surface area contributed by atoms with Gasteiger partial charge in [-0.2, -0.15) is 0 Å². The van der Waals surface area contributed by atoms with Crippen LogP contribution < -0.4 is 10.2 Å². The summed E-state index contributed by atoms with van der Waals surface area (Å²) in [6.07, 6.45) is 5.86. The van der Waals surface area contributed by atoms with Crippen molar-refractivity contribution in [3.8, 4) is 0 Å². The van der Waals surface area contributed by atoms with Crippen LogP contribution in [-0.4, -0.2) is 56.5 Å². The first-order chi connectivity index (χ1) is 9.81. The minimum absolute atomic E-state index is 0.481. The topological polar surface area (TPSA) is 59.5 Å². The largest absolute Gasteiger partial charge is 0.383 e. The zero-order valence-corrected chi connectivity index (χ0v) is 12.3. The summed E-state index contributed by atoms with van der Waals surface area (Å²) in [4.78, 5) is 11.1. The first-order valence-electron chi connectivity index (χ1n) is 7.12. The standard InChI is InChI=1S/C14H24N4O2/c1-18(13-3-6-20-7-4-13)14-16-10-12(11-17-14)9-15-5-8-19-2/h10-11,13,15H,3-9H2,1-2H3. The van der Waals surface area contributed by atoms with Crippen LogP contribution in [0.5, 0.6) is 0 Å². The van der Waals surface area contributed by atoms with E-state index in [9.17, 15) is 0 Å². The van der Waals surface area contributed by atoms with Crippen molar-refractivity contribution in [3.05, 3.63) is 18.0 Å². The second-order valence-corrected chi connectivity index (χ2v) is 5.02. The van der Waals surface area contributed by atoms with E-state index in [4.69, 9.17) is 9.47 Å². The summed E-state index contributed by atoms with van der Waals surface area (Å²) in [6.45, 7) is 3.98. The SMILES string of the molecule is COCCNCc1cnc(N(C)C2CCOCC2)nc1. The lowest BCUT2D eigenvalue weighted by molar-refractivity contribution is 0.0852. The Kier molecular flexibility index (Phi) is 6.17. The molecule has 20 heavy (non-hydrogen) atoms. The minimum Gasteiger partial charge on any atom is -0.383 e. The first-order valence-corrected chi connectivity index (χ1v) is 7.12. The molecule has 6 nitrogen and oxygen atoms in total. The highest BCUT2D eigenvalue weighted by molar-refractivity contribution is 5.30. The predicted molar refractivity (Wildman–Crippen MR) is 77.9 cm³/mol. The number of hydrogen-bond acceptors (Lipinski definition) is 6. The molecule has 1 saturated heterocycles. The van der Waals surface area contributed by atoms with Gasteiger partial charge in [-0.15, -0.1) is 0 Å². The summed E-state index contributed by atoms with van der Waals surface area (Å²) in [5.74, 6) is 0.789. The number of aromatic nitrogens is 2. The van der Waals surface area contributed by atoms with Crippen LogP contribution in [0.15, 0.2) is 12.4 Å². The van der Waals surface area contributed by atoms with Gasteiger partial charge in [-0.1, -0.05) is 0 Å². The Morgan fingerprint density at radius 2 is 2.05 bits per heavy atom. The molecule has 0 radical (unpaired) electrons. The van der Waals surface area contributed by atoms with Gasteiger partial charge in [0.05, 0.1) is 6.61 Å². The van der Waals surface area contributed by atoms with Crippen LogP contribution in [0.4, 0.5) is 5.95 Å². The highest BCUT2D eigenvalue weighted by Crippen LogP contribution is 2.17. The fraction of sp³-hybridized carbons (Fsp3) is 0.714. The second-order valence-electron chi connectivity index (χ2n) is 5.02. The van der Waals surface area contributed by atoms with E-state index < -0.39 is 0 Å². The van der Waals surface area contributed by atoms with Crippen LogP contribution in [0.3, 0.4) is 0 Å². The van der Waals surface area contributed by atoms with Crippen LogP contribution >= 0.6 is 0 Å². The Labute approximate surface area is 120 Å². The van der Waals surface area contributed by atoms with Gasteiger partial charge >= 0.3 is 0 Å². The zero-order valence-electron chi connectivity index (χ0n) is 12.3. The van der Waals surface area contributed by atoms with Crippen LogP contribution in [-0.2, 0) is 16.0 Å². The lowest BCUT2D eigenvalue weighted by Crippen LogP contribution is -2.37. The number of nitrogens with zero attached hydrogens (tertiary/aromatic N) is 3. The Morgan fingerprint density at radius 3 is 2.70 bits per heavy atom. The molecule has 1 aliphatic heterocycles. The molecule has 1 aliphatic rings. The molecule has 0 unspecified atom stereocenters. The van der Waals surface area contributed by atoms with Crippen LogP contribution in [0.1, 0.15) is 18.4 Å². The number of anilines is 1. The maximum atomic E-state index is 5.38. The molecule has 0 bridgehead atoms. The van der Waals surface area contributed by atoms with Crippen molar-refractivity contribution < 1.29 is 9.47 Å². The molecule has 6 heteroatoms. The lowest BCUT2D eigenvalue weighted by Gasteiger charge is -2.31. The van der Waals surface area contributed by atoms with E-state index in [2.05, 4.69) is 27.2 Å². The number of methoxy groups -OCH3 is 1. The molecule has 1 aromatic heterocycles. The molecule has 2 heterocycles. The van der Waals surface area contributed by atoms with E-state index in [1.54, 1.807) is 7.11 Å². The third-order valence-electron chi connectivity index (χ3n) is 3.56. The highest BCUT2D eigenvalue weighted by atomic mass is 16.5. The maximum Gasteiger partial charge on any atom is 0.225 e. The minimum atomic E-state index is 0.481. The van der Waals surface area contributed by atoms with Crippen molar-refractivity contribution in [2.24, 2.45) is 0 Å². The Balaban J connectivity index is 1.83. The third-order valence-corrected chi connectivity index (χ3v) is 3.56. The van der Waals surface area contributed by atoms with Gasteiger partial charge in [0, 0.05) is 64.5 Å². The maximum absolute atomic E-state index is 5.38. The van der Waals surface area contributed by atoms with Gasteiger partial charge in [0.25, 0.3) is 0 Å². The van der Waals surface area contributed by atoms with Crippen LogP contribution in [0.25, 0.3) is 0 Å². The van der Waals surface area contributed by atoms with Crippen molar-refractivity contribution in [1.29, 1.82) is 0 Å². The number of nitrogens with one attached hydrogen (secondary N) is 1. The fourth-order valence-electron chi connectivity index (χ4n) is 2.26. The monoisotopic (exact) mass is 280 g/mol. The van der Waals surface area contributed by atoms with E-state index in [1.165, 1.54) is 0 Å². The summed E-state index contributed by atoms with van der Waals surface area (Å²) in [7, 11) is 3.76. The van der Waals surface area contributed by atoms with E-state index >= 15 is 0 Å². The number of ether oxygens (including phenoxy) is 2. The molecule has 0 aromatic carbocycles. The van der Waals surface area contributed by atoms with Crippen molar-refractivity contribution in [2.45, 2.75) is 25.4 Å². The number of hydrogen-bond donors (Lipinski definition) is 1. The van der Waals surface area contributed by atoms with Crippen LogP contribution in [0, 0.1) is 0 Å². The zero-order chi connectivity index (χ0) is 14.2. The molecule has 0 spiro atoms. The van der Waals surface area contributed by atoms with E-state index in [1.807, 2.05) is 12.4 Å². The quantitative estimate of drug-likeness (QED) is 0.747. The summed E-state index contributed by atoms with van der Waals surface area (Å²) < 4.78 is 10.4. The highest BCUT2D eigenvalue weighted by Gasteiger charge is 2.20. The molecule has 0 atom stereocenters. The van der Waals surface area contributed by atoms with Crippen molar-refractivity contribution >= 4 is 5.95 Å². The predicted octanol–water partition coefficient (Wildman–Crippen LogP) is 0.828. The van der Waals surface area contributed by atoms with E-state index in [0.717, 1.165) is 50.7 Å². The Hall–Kier alpha value is -1.24. The average molecular weight is 280 g/mol. The summed E-state index contributed by atoms with van der Waals surface area (Å²) >= 11 is 0. The van der Waals surface area contributed by atoms with Gasteiger partial charge < -0.3 is 19.7 Å². The molecular formula is C14H24N4O2.